The van der Waals surface area contributed by atoms with Crippen LogP contribution in [-0.2, 0) is 0 Å². The molecule has 1 atom stereocenters. The van der Waals surface area contributed by atoms with Crippen molar-refractivity contribution < 1.29 is 0 Å². The molecule has 0 rings (SSSR count). The van der Waals surface area contributed by atoms with E-state index in [9.17, 15) is 0 Å². The standard InChI is InChI=1S/C14H25N3/c1-5-12(6-2)9-8-10-13(17-7-3)14(16)11(4)15/h5,7,12,15H,1,6,8-10,16H2,2-4H3/b14-13+,15-11?,17-7-. The van der Waals surface area contributed by atoms with Crippen molar-refractivity contribution in [1.29, 1.82) is 5.41 Å². The predicted molar refractivity (Wildman–Crippen MR) is 76.6 cm³/mol. The Morgan fingerprint density at radius 2 is 2.18 bits per heavy atom. The van der Waals surface area contributed by atoms with E-state index < -0.39 is 0 Å². The summed E-state index contributed by atoms with van der Waals surface area (Å²) in [5.41, 5.74) is 7.58. The highest BCUT2D eigenvalue weighted by atomic mass is 14.8. The lowest BCUT2D eigenvalue weighted by atomic mass is 9.98. The Balaban J connectivity index is 4.44. The van der Waals surface area contributed by atoms with E-state index in [1.807, 2.05) is 13.0 Å². The maximum Gasteiger partial charge on any atom is 0.0741 e. The highest BCUT2D eigenvalue weighted by Crippen LogP contribution is 2.18. The first kappa shape index (κ1) is 15.6. The van der Waals surface area contributed by atoms with Gasteiger partial charge in [-0.05, 0) is 45.4 Å². The summed E-state index contributed by atoms with van der Waals surface area (Å²) in [7, 11) is 0. The third-order valence-corrected chi connectivity index (χ3v) is 2.85. The van der Waals surface area contributed by atoms with E-state index >= 15 is 0 Å². The molecule has 0 aliphatic carbocycles. The van der Waals surface area contributed by atoms with Gasteiger partial charge in [0.1, 0.15) is 0 Å². The zero-order valence-corrected chi connectivity index (χ0v) is 11.3. The minimum atomic E-state index is 0.390. The zero-order valence-electron chi connectivity index (χ0n) is 11.3. The van der Waals surface area contributed by atoms with Crippen LogP contribution in [0.4, 0.5) is 0 Å². The van der Waals surface area contributed by atoms with Crippen LogP contribution < -0.4 is 5.73 Å². The molecular weight excluding hydrogens is 210 g/mol. The highest BCUT2D eigenvalue weighted by Gasteiger charge is 2.06. The average Bonchev–Trinajstić information content (AvgIpc) is 2.32. The molecule has 0 fully saturated rings. The number of hydrogen-bond acceptors (Lipinski definition) is 3. The third-order valence-electron chi connectivity index (χ3n) is 2.85. The van der Waals surface area contributed by atoms with Crippen LogP contribution in [0.15, 0.2) is 29.0 Å². The summed E-state index contributed by atoms with van der Waals surface area (Å²) < 4.78 is 0. The smallest absolute Gasteiger partial charge is 0.0741 e. The Kier molecular flexibility index (Phi) is 8.03. The molecule has 0 heterocycles. The van der Waals surface area contributed by atoms with Crippen LogP contribution in [0.2, 0.25) is 0 Å². The van der Waals surface area contributed by atoms with E-state index in [-0.39, 0.29) is 0 Å². The van der Waals surface area contributed by atoms with Crippen LogP contribution in [-0.4, -0.2) is 11.9 Å². The van der Waals surface area contributed by atoms with Crippen LogP contribution in [0, 0.1) is 11.3 Å². The molecular formula is C14H25N3. The highest BCUT2D eigenvalue weighted by molar-refractivity contribution is 5.95. The van der Waals surface area contributed by atoms with Crippen molar-refractivity contribution in [2.45, 2.75) is 46.5 Å². The second-order valence-corrected chi connectivity index (χ2v) is 4.17. The molecule has 0 aromatic carbocycles. The second kappa shape index (κ2) is 8.74. The number of aliphatic imine (C=N–C) groups is 1. The van der Waals surface area contributed by atoms with Crippen LogP contribution in [0.1, 0.15) is 46.5 Å². The van der Waals surface area contributed by atoms with Crippen LogP contribution in [0.3, 0.4) is 0 Å². The Morgan fingerprint density at radius 1 is 1.53 bits per heavy atom. The molecule has 0 bridgehead atoms. The number of nitrogens with one attached hydrogen (secondary N) is 1. The zero-order chi connectivity index (χ0) is 13.3. The monoisotopic (exact) mass is 235 g/mol. The van der Waals surface area contributed by atoms with Gasteiger partial charge in [-0.25, -0.2) is 0 Å². The number of nitrogens with zero attached hydrogens (tertiary/aromatic N) is 1. The first-order chi connectivity index (χ1) is 8.06. The van der Waals surface area contributed by atoms with E-state index in [0.29, 0.717) is 17.3 Å². The van der Waals surface area contributed by atoms with Gasteiger partial charge in [0, 0.05) is 6.21 Å². The van der Waals surface area contributed by atoms with Crippen LogP contribution in [0.25, 0.3) is 0 Å². The fraction of sp³-hybridized carbons (Fsp3) is 0.571. The van der Waals surface area contributed by atoms with Crippen molar-refractivity contribution >= 4 is 11.9 Å². The van der Waals surface area contributed by atoms with Crippen molar-refractivity contribution in [2.24, 2.45) is 16.6 Å². The third kappa shape index (κ3) is 6.05. The normalized spacial score (nSPS) is 14.5. The van der Waals surface area contributed by atoms with Gasteiger partial charge in [0.15, 0.2) is 0 Å². The lowest BCUT2D eigenvalue weighted by Gasteiger charge is -2.10. The molecule has 0 saturated heterocycles. The molecule has 0 saturated carbocycles. The molecule has 0 amide bonds. The minimum Gasteiger partial charge on any atom is -0.396 e. The van der Waals surface area contributed by atoms with Crippen molar-refractivity contribution in [3.63, 3.8) is 0 Å². The summed E-state index contributed by atoms with van der Waals surface area (Å²) in [6.07, 6.45) is 7.83. The van der Waals surface area contributed by atoms with E-state index in [2.05, 4.69) is 18.5 Å². The minimum absolute atomic E-state index is 0.390. The Bertz CT molecular complexity index is 313. The summed E-state index contributed by atoms with van der Waals surface area (Å²) in [5.74, 6) is 0.573. The maximum atomic E-state index is 7.53. The van der Waals surface area contributed by atoms with Gasteiger partial charge in [-0.1, -0.05) is 13.0 Å². The molecule has 0 aromatic heterocycles. The first-order valence-corrected chi connectivity index (χ1v) is 6.22. The Labute approximate surface area is 105 Å². The predicted octanol–water partition coefficient (Wildman–Crippen LogP) is 3.67. The lowest BCUT2D eigenvalue weighted by molar-refractivity contribution is 0.544. The number of nitrogens with two attached hydrogens (primary N) is 1. The number of rotatable bonds is 8. The van der Waals surface area contributed by atoms with Gasteiger partial charge in [-0.15, -0.1) is 6.58 Å². The molecule has 17 heavy (non-hydrogen) atoms. The van der Waals surface area contributed by atoms with Crippen LogP contribution >= 0.6 is 0 Å². The molecule has 0 aromatic rings. The lowest BCUT2D eigenvalue weighted by Crippen LogP contribution is -2.10. The average molecular weight is 235 g/mol. The van der Waals surface area contributed by atoms with Gasteiger partial charge in [0.2, 0.25) is 0 Å². The molecule has 3 heteroatoms. The molecule has 0 aliphatic rings. The van der Waals surface area contributed by atoms with Crippen molar-refractivity contribution in [3.05, 3.63) is 24.0 Å². The van der Waals surface area contributed by atoms with Gasteiger partial charge in [0.05, 0.1) is 17.1 Å². The van der Waals surface area contributed by atoms with E-state index in [1.54, 1.807) is 13.1 Å². The maximum absolute atomic E-state index is 7.53. The fourth-order valence-corrected chi connectivity index (χ4v) is 1.66. The SMILES string of the molecule is C=CC(CC)CCCC(/N=C\C)=C(\N)C(C)=N. The molecule has 0 aliphatic heterocycles. The van der Waals surface area contributed by atoms with Gasteiger partial charge >= 0.3 is 0 Å². The summed E-state index contributed by atoms with van der Waals surface area (Å²) in [4.78, 5) is 4.26. The van der Waals surface area contributed by atoms with Gasteiger partial charge in [0.25, 0.3) is 0 Å². The largest absolute Gasteiger partial charge is 0.396 e. The van der Waals surface area contributed by atoms with Crippen LogP contribution in [0.5, 0.6) is 0 Å². The van der Waals surface area contributed by atoms with E-state index in [1.165, 1.54) is 0 Å². The van der Waals surface area contributed by atoms with E-state index in [0.717, 1.165) is 31.4 Å². The van der Waals surface area contributed by atoms with Gasteiger partial charge in [-0.2, -0.15) is 0 Å². The molecule has 96 valence electrons. The van der Waals surface area contributed by atoms with E-state index in [4.69, 9.17) is 11.1 Å². The fourth-order valence-electron chi connectivity index (χ4n) is 1.66. The molecule has 3 nitrogen and oxygen atoms in total. The molecule has 3 N–H and O–H groups in total. The van der Waals surface area contributed by atoms with Gasteiger partial charge in [-0.3, -0.25) is 4.99 Å². The Hall–Kier alpha value is -1.38. The quantitative estimate of drug-likeness (QED) is 0.489. The second-order valence-electron chi connectivity index (χ2n) is 4.17. The topological polar surface area (TPSA) is 62.2 Å². The first-order valence-electron chi connectivity index (χ1n) is 6.22. The molecule has 1 unspecified atom stereocenters. The van der Waals surface area contributed by atoms with Crippen molar-refractivity contribution in [1.82, 2.24) is 0 Å². The Morgan fingerprint density at radius 3 is 2.59 bits per heavy atom. The summed E-state index contributed by atoms with van der Waals surface area (Å²) in [5, 5.41) is 7.53. The number of hydrogen-bond donors (Lipinski definition) is 2. The van der Waals surface area contributed by atoms with Crippen molar-refractivity contribution in [3.8, 4) is 0 Å². The van der Waals surface area contributed by atoms with Gasteiger partial charge < -0.3 is 11.1 Å². The summed E-state index contributed by atoms with van der Waals surface area (Å²) in [6.45, 7) is 9.56. The molecule has 0 radical (unpaired) electrons. The number of allylic oxidation sites excluding steroid dienone is 3. The summed E-state index contributed by atoms with van der Waals surface area (Å²) >= 11 is 0. The van der Waals surface area contributed by atoms with Crippen molar-refractivity contribution in [2.75, 3.05) is 0 Å². The molecule has 0 spiro atoms. The summed E-state index contributed by atoms with van der Waals surface area (Å²) in [6, 6.07) is 0.